The molecule has 2 aromatic rings. The molecule has 0 aliphatic heterocycles. The summed E-state index contributed by atoms with van der Waals surface area (Å²) < 4.78 is 10.0. The van der Waals surface area contributed by atoms with E-state index in [2.05, 4.69) is 5.32 Å². The lowest BCUT2D eigenvalue weighted by molar-refractivity contribution is -0.141. The van der Waals surface area contributed by atoms with Crippen LogP contribution in [-0.4, -0.2) is 20.2 Å². The van der Waals surface area contributed by atoms with E-state index in [9.17, 15) is 4.79 Å². The number of hydrogen-bond donors (Lipinski definition) is 1. The maximum Gasteiger partial charge on any atom is 0.332 e. The van der Waals surface area contributed by atoms with Gasteiger partial charge in [-0.25, -0.2) is 4.79 Å². The molecule has 0 bridgehead atoms. The summed E-state index contributed by atoms with van der Waals surface area (Å²) in [6.07, 6.45) is 0. The van der Waals surface area contributed by atoms with Gasteiger partial charge in [-0.2, -0.15) is 0 Å². The standard InChI is InChI=1S/C17H19NO3/c1-12-4-8-14(9-5-12)18-16(17(19)21-3)13-6-10-15(20-2)11-7-13/h4-11,16,18H,1-3H3. The Bertz CT molecular complexity index is 590. The van der Waals surface area contributed by atoms with E-state index in [4.69, 9.17) is 9.47 Å². The molecule has 1 unspecified atom stereocenters. The van der Waals surface area contributed by atoms with Gasteiger partial charge in [0.2, 0.25) is 0 Å². The predicted molar refractivity (Wildman–Crippen MR) is 82.6 cm³/mol. The van der Waals surface area contributed by atoms with Gasteiger partial charge in [0, 0.05) is 5.69 Å². The number of anilines is 1. The Hall–Kier alpha value is -2.49. The number of methoxy groups -OCH3 is 2. The molecule has 4 nitrogen and oxygen atoms in total. The number of benzene rings is 2. The fourth-order valence-electron chi connectivity index (χ4n) is 2.01. The second kappa shape index (κ2) is 6.79. The number of carbonyl (C=O) groups excluding carboxylic acids is 1. The first-order valence-electron chi connectivity index (χ1n) is 6.69. The van der Waals surface area contributed by atoms with E-state index < -0.39 is 6.04 Å². The largest absolute Gasteiger partial charge is 0.497 e. The van der Waals surface area contributed by atoms with Crippen LogP contribution in [0.3, 0.4) is 0 Å². The van der Waals surface area contributed by atoms with Crippen LogP contribution in [0, 0.1) is 6.92 Å². The molecule has 0 radical (unpaired) electrons. The van der Waals surface area contributed by atoms with Crippen molar-refractivity contribution >= 4 is 11.7 Å². The fourth-order valence-corrected chi connectivity index (χ4v) is 2.01. The highest BCUT2D eigenvalue weighted by atomic mass is 16.5. The summed E-state index contributed by atoms with van der Waals surface area (Å²) in [5.74, 6) is 0.415. The summed E-state index contributed by atoms with van der Waals surface area (Å²) in [6, 6.07) is 14.6. The van der Waals surface area contributed by atoms with Crippen molar-refractivity contribution < 1.29 is 14.3 Å². The lowest BCUT2D eigenvalue weighted by atomic mass is 10.1. The molecule has 0 aliphatic carbocycles. The Labute approximate surface area is 124 Å². The zero-order valence-corrected chi connectivity index (χ0v) is 12.4. The number of carbonyl (C=O) groups is 1. The molecule has 0 spiro atoms. The van der Waals surface area contributed by atoms with E-state index in [0.29, 0.717) is 0 Å². The van der Waals surface area contributed by atoms with Gasteiger partial charge in [-0.1, -0.05) is 29.8 Å². The van der Waals surface area contributed by atoms with Gasteiger partial charge in [-0.15, -0.1) is 0 Å². The molecule has 21 heavy (non-hydrogen) atoms. The zero-order valence-electron chi connectivity index (χ0n) is 12.4. The van der Waals surface area contributed by atoms with E-state index in [0.717, 1.165) is 17.0 Å². The normalized spacial score (nSPS) is 11.6. The van der Waals surface area contributed by atoms with Crippen LogP contribution in [0.1, 0.15) is 17.2 Å². The van der Waals surface area contributed by atoms with Crippen molar-refractivity contribution in [2.75, 3.05) is 19.5 Å². The molecular formula is C17H19NO3. The Morgan fingerprint density at radius 3 is 2.14 bits per heavy atom. The summed E-state index contributed by atoms with van der Waals surface area (Å²) in [6.45, 7) is 2.02. The molecule has 0 amide bonds. The quantitative estimate of drug-likeness (QED) is 0.856. The van der Waals surface area contributed by atoms with Crippen LogP contribution in [0.25, 0.3) is 0 Å². The van der Waals surface area contributed by atoms with Crippen molar-refractivity contribution in [3.63, 3.8) is 0 Å². The van der Waals surface area contributed by atoms with E-state index >= 15 is 0 Å². The maximum absolute atomic E-state index is 12.0. The highest BCUT2D eigenvalue weighted by Crippen LogP contribution is 2.23. The van der Waals surface area contributed by atoms with Crippen molar-refractivity contribution in [1.29, 1.82) is 0 Å². The molecule has 2 aromatic carbocycles. The average Bonchev–Trinajstić information content (AvgIpc) is 2.54. The first-order chi connectivity index (χ1) is 10.1. The van der Waals surface area contributed by atoms with Gasteiger partial charge in [-0.3, -0.25) is 0 Å². The van der Waals surface area contributed by atoms with Gasteiger partial charge in [0.1, 0.15) is 5.75 Å². The van der Waals surface area contributed by atoms with Crippen LogP contribution in [0.15, 0.2) is 48.5 Å². The molecule has 0 saturated carbocycles. The van der Waals surface area contributed by atoms with E-state index in [1.807, 2.05) is 55.5 Å². The molecule has 1 atom stereocenters. The number of nitrogens with one attached hydrogen (secondary N) is 1. The van der Waals surface area contributed by atoms with Gasteiger partial charge in [-0.05, 0) is 36.8 Å². The van der Waals surface area contributed by atoms with Crippen LogP contribution >= 0.6 is 0 Å². The minimum Gasteiger partial charge on any atom is -0.497 e. The summed E-state index contributed by atoms with van der Waals surface area (Å²) >= 11 is 0. The third kappa shape index (κ3) is 3.75. The van der Waals surface area contributed by atoms with E-state index in [1.165, 1.54) is 12.7 Å². The summed E-state index contributed by atoms with van der Waals surface area (Å²) in [4.78, 5) is 12.0. The molecular weight excluding hydrogens is 266 g/mol. The third-order valence-corrected chi connectivity index (χ3v) is 3.25. The summed E-state index contributed by atoms with van der Waals surface area (Å²) in [5, 5.41) is 3.20. The van der Waals surface area contributed by atoms with Crippen molar-refractivity contribution in [2.24, 2.45) is 0 Å². The predicted octanol–water partition coefficient (Wildman–Crippen LogP) is 3.33. The van der Waals surface area contributed by atoms with Crippen molar-refractivity contribution in [2.45, 2.75) is 13.0 Å². The summed E-state index contributed by atoms with van der Waals surface area (Å²) in [5.41, 5.74) is 2.86. The number of hydrogen-bond acceptors (Lipinski definition) is 4. The number of aryl methyl sites for hydroxylation is 1. The fraction of sp³-hybridized carbons (Fsp3) is 0.235. The van der Waals surface area contributed by atoms with Crippen molar-refractivity contribution in [3.8, 4) is 5.75 Å². The molecule has 1 N–H and O–H groups in total. The zero-order chi connectivity index (χ0) is 15.2. The van der Waals surface area contributed by atoms with Gasteiger partial charge < -0.3 is 14.8 Å². The van der Waals surface area contributed by atoms with Crippen LogP contribution in [0.5, 0.6) is 5.75 Å². The van der Waals surface area contributed by atoms with Crippen LogP contribution < -0.4 is 10.1 Å². The highest BCUT2D eigenvalue weighted by Gasteiger charge is 2.21. The Kier molecular flexibility index (Phi) is 4.82. The van der Waals surface area contributed by atoms with Gasteiger partial charge in [0.25, 0.3) is 0 Å². The second-order valence-corrected chi connectivity index (χ2v) is 4.74. The lowest BCUT2D eigenvalue weighted by Gasteiger charge is -2.18. The van der Waals surface area contributed by atoms with Crippen LogP contribution in [-0.2, 0) is 9.53 Å². The number of rotatable bonds is 5. The molecule has 4 heteroatoms. The molecule has 110 valence electrons. The maximum atomic E-state index is 12.0. The number of esters is 1. The smallest absolute Gasteiger partial charge is 0.332 e. The molecule has 2 rings (SSSR count). The lowest BCUT2D eigenvalue weighted by Crippen LogP contribution is -2.22. The van der Waals surface area contributed by atoms with Gasteiger partial charge in [0.05, 0.1) is 14.2 Å². The molecule has 0 heterocycles. The number of ether oxygens (including phenoxy) is 2. The topological polar surface area (TPSA) is 47.6 Å². The van der Waals surface area contributed by atoms with E-state index in [1.54, 1.807) is 7.11 Å². The second-order valence-electron chi connectivity index (χ2n) is 4.74. The van der Waals surface area contributed by atoms with Gasteiger partial charge >= 0.3 is 5.97 Å². The minimum atomic E-state index is -0.552. The SMILES string of the molecule is COC(=O)C(Nc1ccc(C)cc1)c1ccc(OC)cc1. The first-order valence-corrected chi connectivity index (χ1v) is 6.69. The highest BCUT2D eigenvalue weighted by molar-refractivity contribution is 5.81. The monoisotopic (exact) mass is 285 g/mol. The van der Waals surface area contributed by atoms with Crippen LogP contribution in [0.2, 0.25) is 0 Å². The van der Waals surface area contributed by atoms with Crippen molar-refractivity contribution in [3.05, 3.63) is 59.7 Å². The third-order valence-electron chi connectivity index (χ3n) is 3.25. The van der Waals surface area contributed by atoms with E-state index in [-0.39, 0.29) is 5.97 Å². The van der Waals surface area contributed by atoms with Crippen LogP contribution in [0.4, 0.5) is 5.69 Å². The Morgan fingerprint density at radius 1 is 1.00 bits per heavy atom. The Balaban J connectivity index is 2.25. The Morgan fingerprint density at radius 2 is 1.62 bits per heavy atom. The molecule has 0 aliphatic rings. The molecule has 0 aromatic heterocycles. The van der Waals surface area contributed by atoms with Crippen molar-refractivity contribution in [1.82, 2.24) is 0 Å². The minimum absolute atomic E-state index is 0.333. The first kappa shape index (κ1) is 14.9. The molecule has 0 fully saturated rings. The van der Waals surface area contributed by atoms with Gasteiger partial charge in [0.15, 0.2) is 6.04 Å². The average molecular weight is 285 g/mol. The summed E-state index contributed by atoms with van der Waals surface area (Å²) in [7, 11) is 2.99. The molecule has 0 saturated heterocycles.